The van der Waals surface area contributed by atoms with Crippen molar-refractivity contribution in [2.24, 2.45) is 0 Å². The third kappa shape index (κ3) is 4.77. The van der Waals surface area contributed by atoms with E-state index in [1.165, 1.54) is 31.2 Å². The summed E-state index contributed by atoms with van der Waals surface area (Å²) in [5.41, 5.74) is 3.35. The average Bonchev–Trinajstić information content (AvgIpc) is 2.68. The summed E-state index contributed by atoms with van der Waals surface area (Å²) in [5.74, 6) is 0.958. The summed E-state index contributed by atoms with van der Waals surface area (Å²) in [7, 11) is 2.06. The van der Waals surface area contributed by atoms with Crippen LogP contribution < -0.4 is 15.4 Å². The van der Waals surface area contributed by atoms with Gasteiger partial charge in [-0.05, 0) is 57.4 Å². The predicted molar refractivity (Wildman–Crippen MR) is 101 cm³/mol. The van der Waals surface area contributed by atoms with Gasteiger partial charge >= 0.3 is 0 Å². The molecule has 0 aliphatic heterocycles. The van der Waals surface area contributed by atoms with Crippen LogP contribution in [-0.4, -0.2) is 35.7 Å². The molecule has 134 valence electrons. The van der Waals surface area contributed by atoms with Crippen LogP contribution in [0.1, 0.15) is 38.2 Å². The Morgan fingerprint density at radius 2 is 1.76 bits per heavy atom. The number of nitrogens with zero attached hydrogens (tertiary/aromatic N) is 2. The molecule has 1 saturated carbocycles. The normalized spacial score (nSPS) is 20.4. The Bertz CT molecular complexity index is 654. The van der Waals surface area contributed by atoms with E-state index in [2.05, 4.69) is 45.8 Å². The van der Waals surface area contributed by atoms with Crippen LogP contribution in [0.5, 0.6) is 5.75 Å². The van der Waals surface area contributed by atoms with Crippen LogP contribution in [0, 0.1) is 0 Å². The minimum atomic E-state index is 0.586. The SMILES string of the molecule is CCOc1ccc(-c2cncnc2)cc1CNC1CCC(NC)CC1. The van der Waals surface area contributed by atoms with Gasteiger partial charge in [0.2, 0.25) is 0 Å². The number of rotatable bonds is 7. The van der Waals surface area contributed by atoms with Gasteiger partial charge in [-0.3, -0.25) is 0 Å². The van der Waals surface area contributed by atoms with E-state index < -0.39 is 0 Å². The summed E-state index contributed by atoms with van der Waals surface area (Å²) in [5, 5.41) is 7.11. The molecule has 1 heterocycles. The number of nitrogens with one attached hydrogen (secondary N) is 2. The molecular weight excluding hydrogens is 312 g/mol. The fourth-order valence-corrected chi connectivity index (χ4v) is 3.48. The van der Waals surface area contributed by atoms with E-state index in [9.17, 15) is 0 Å². The monoisotopic (exact) mass is 340 g/mol. The van der Waals surface area contributed by atoms with Gasteiger partial charge in [0.25, 0.3) is 0 Å². The van der Waals surface area contributed by atoms with Crippen LogP contribution in [-0.2, 0) is 6.54 Å². The number of ether oxygens (including phenoxy) is 1. The Hall–Kier alpha value is -1.98. The van der Waals surface area contributed by atoms with Gasteiger partial charge in [0, 0.05) is 42.1 Å². The van der Waals surface area contributed by atoms with Gasteiger partial charge < -0.3 is 15.4 Å². The molecular formula is C20H28N4O. The second-order valence-electron chi connectivity index (χ2n) is 6.60. The summed E-state index contributed by atoms with van der Waals surface area (Å²) in [6.07, 6.45) is 10.2. The summed E-state index contributed by atoms with van der Waals surface area (Å²) in [6, 6.07) is 7.59. The Morgan fingerprint density at radius 3 is 2.44 bits per heavy atom. The highest BCUT2D eigenvalue weighted by Gasteiger charge is 2.19. The second-order valence-corrected chi connectivity index (χ2v) is 6.60. The minimum Gasteiger partial charge on any atom is -0.494 e. The number of hydrogen-bond donors (Lipinski definition) is 2. The first kappa shape index (κ1) is 17.8. The van der Waals surface area contributed by atoms with Gasteiger partial charge in [-0.1, -0.05) is 6.07 Å². The van der Waals surface area contributed by atoms with Gasteiger partial charge in [-0.25, -0.2) is 9.97 Å². The molecule has 0 atom stereocenters. The largest absolute Gasteiger partial charge is 0.494 e. The maximum absolute atomic E-state index is 5.82. The topological polar surface area (TPSA) is 59.1 Å². The lowest BCUT2D eigenvalue weighted by Gasteiger charge is -2.29. The van der Waals surface area contributed by atoms with E-state index in [0.29, 0.717) is 18.7 Å². The second kappa shape index (κ2) is 8.92. The minimum absolute atomic E-state index is 0.586. The summed E-state index contributed by atoms with van der Waals surface area (Å²) < 4.78 is 5.82. The van der Waals surface area contributed by atoms with Crippen molar-refractivity contribution in [3.05, 3.63) is 42.5 Å². The molecule has 1 aliphatic rings. The number of benzene rings is 1. The maximum Gasteiger partial charge on any atom is 0.123 e. The van der Waals surface area contributed by atoms with Crippen molar-refractivity contribution in [3.63, 3.8) is 0 Å². The van der Waals surface area contributed by atoms with Gasteiger partial charge in [0.15, 0.2) is 0 Å². The van der Waals surface area contributed by atoms with Crippen LogP contribution in [0.3, 0.4) is 0 Å². The highest BCUT2D eigenvalue weighted by molar-refractivity contribution is 5.64. The molecule has 0 spiro atoms. The van der Waals surface area contributed by atoms with Crippen LogP contribution in [0.15, 0.2) is 36.9 Å². The number of hydrogen-bond acceptors (Lipinski definition) is 5. The van der Waals surface area contributed by atoms with E-state index in [1.54, 1.807) is 6.33 Å². The molecule has 0 radical (unpaired) electrons. The number of aromatic nitrogens is 2. The zero-order chi connectivity index (χ0) is 17.5. The third-order valence-electron chi connectivity index (χ3n) is 4.97. The molecule has 1 aromatic carbocycles. The van der Waals surface area contributed by atoms with Crippen molar-refractivity contribution in [1.82, 2.24) is 20.6 Å². The fraction of sp³-hybridized carbons (Fsp3) is 0.500. The van der Waals surface area contributed by atoms with Gasteiger partial charge in [0.05, 0.1) is 6.61 Å². The molecule has 5 nitrogen and oxygen atoms in total. The highest BCUT2D eigenvalue weighted by Crippen LogP contribution is 2.27. The first-order valence-corrected chi connectivity index (χ1v) is 9.22. The molecule has 0 unspecified atom stereocenters. The first-order valence-electron chi connectivity index (χ1n) is 9.22. The Kier molecular flexibility index (Phi) is 6.36. The zero-order valence-corrected chi connectivity index (χ0v) is 15.2. The van der Waals surface area contributed by atoms with E-state index >= 15 is 0 Å². The summed E-state index contributed by atoms with van der Waals surface area (Å²) in [4.78, 5) is 8.24. The summed E-state index contributed by atoms with van der Waals surface area (Å²) in [6.45, 7) is 3.52. The van der Waals surface area contributed by atoms with Gasteiger partial charge in [0.1, 0.15) is 12.1 Å². The zero-order valence-electron chi connectivity index (χ0n) is 15.2. The van der Waals surface area contributed by atoms with Crippen LogP contribution >= 0.6 is 0 Å². The molecule has 1 aromatic heterocycles. The van der Waals surface area contributed by atoms with Crippen molar-refractivity contribution in [3.8, 4) is 16.9 Å². The first-order chi connectivity index (χ1) is 12.3. The molecule has 25 heavy (non-hydrogen) atoms. The van der Waals surface area contributed by atoms with Gasteiger partial charge in [-0.15, -0.1) is 0 Å². The van der Waals surface area contributed by atoms with Crippen LogP contribution in [0.4, 0.5) is 0 Å². The summed E-state index contributed by atoms with van der Waals surface area (Å²) >= 11 is 0. The maximum atomic E-state index is 5.82. The quantitative estimate of drug-likeness (QED) is 0.811. The standard InChI is InChI=1S/C20H28N4O/c1-3-25-20-9-4-15(17-11-22-14-23-12-17)10-16(20)13-24-19-7-5-18(21-2)6-8-19/h4,9-12,14,18-19,21,24H,3,5-8,13H2,1-2H3. The van der Waals surface area contributed by atoms with Crippen molar-refractivity contribution < 1.29 is 4.74 Å². The van der Waals surface area contributed by atoms with E-state index in [-0.39, 0.29) is 0 Å². The molecule has 2 N–H and O–H groups in total. The molecule has 0 amide bonds. The van der Waals surface area contributed by atoms with Crippen molar-refractivity contribution >= 4 is 0 Å². The molecule has 5 heteroatoms. The molecule has 0 bridgehead atoms. The molecule has 2 aromatic rings. The van der Waals surface area contributed by atoms with E-state index in [4.69, 9.17) is 4.74 Å². The highest BCUT2D eigenvalue weighted by atomic mass is 16.5. The van der Waals surface area contributed by atoms with Crippen molar-refractivity contribution in [2.45, 2.75) is 51.2 Å². The lowest BCUT2D eigenvalue weighted by Crippen LogP contribution is -2.38. The molecule has 1 aliphatic carbocycles. The van der Waals surface area contributed by atoms with Crippen LogP contribution in [0.25, 0.3) is 11.1 Å². The smallest absolute Gasteiger partial charge is 0.123 e. The predicted octanol–water partition coefficient (Wildman–Crippen LogP) is 3.16. The van der Waals surface area contributed by atoms with Crippen molar-refractivity contribution in [1.29, 1.82) is 0 Å². The third-order valence-corrected chi connectivity index (χ3v) is 4.97. The lowest BCUT2D eigenvalue weighted by molar-refractivity contribution is 0.310. The Morgan fingerprint density at radius 1 is 1.04 bits per heavy atom. The van der Waals surface area contributed by atoms with Gasteiger partial charge in [-0.2, -0.15) is 0 Å². The Labute approximate surface area is 150 Å². The molecule has 0 saturated heterocycles. The van der Waals surface area contributed by atoms with E-state index in [0.717, 1.165) is 23.4 Å². The average molecular weight is 340 g/mol. The molecule has 1 fully saturated rings. The Balaban J connectivity index is 1.70. The van der Waals surface area contributed by atoms with Crippen molar-refractivity contribution in [2.75, 3.05) is 13.7 Å². The molecule has 3 rings (SSSR count). The lowest BCUT2D eigenvalue weighted by atomic mass is 9.91. The van der Waals surface area contributed by atoms with E-state index in [1.807, 2.05) is 19.3 Å². The fourth-order valence-electron chi connectivity index (χ4n) is 3.48. The van der Waals surface area contributed by atoms with Crippen LogP contribution in [0.2, 0.25) is 0 Å².